The number of carbonyl (C=O) groups is 1. The summed E-state index contributed by atoms with van der Waals surface area (Å²) < 4.78 is 7.23. The summed E-state index contributed by atoms with van der Waals surface area (Å²) in [5, 5.41) is 9.09. The van der Waals surface area contributed by atoms with Crippen LogP contribution >= 0.6 is 0 Å². The summed E-state index contributed by atoms with van der Waals surface area (Å²) in [5.74, 6) is 0.861. The molecule has 6 rings (SSSR count). The van der Waals surface area contributed by atoms with E-state index < -0.39 is 0 Å². The second kappa shape index (κ2) is 8.96. The van der Waals surface area contributed by atoms with Gasteiger partial charge in [-0.2, -0.15) is 0 Å². The van der Waals surface area contributed by atoms with Crippen LogP contribution in [0.5, 0.6) is 0 Å². The number of benzene rings is 2. The summed E-state index contributed by atoms with van der Waals surface area (Å²) in [4.78, 5) is 17.8. The molecule has 0 saturated carbocycles. The summed E-state index contributed by atoms with van der Waals surface area (Å²) in [6.07, 6.45) is 5.11. The van der Waals surface area contributed by atoms with Crippen molar-refractivity contribution in [1.29, 1.82) is 0 Å². The van der Waals surface area contributed by atoms with Crippen LogP contribution in [0.1, 0.15) is 46.9 Å². The fourth-order valence-corrected chi connectivity index (χ4v) is 5.69. The standard InChI is InChI=1S/C28H31N5O2/c1-3-11-33-26-7-5-21(28(34)32-13-8-19(2)9-14-32)16-22(26)23-18-31(12-10-27(23)33)17-20-4-6-24-25(15-20)30-35-29-24/h3-7,15-16,19H,1,8-14,17-18H2,2H3. The van der Waals surface area contributed by atoms with Gasteiger partial charge in [0.1, 0.15) is 11.0 Å². The Kier molecular flexibility index (Phi) is 5.65. The normalized spacial score (nSPS) is 17.2. The van der Waals surface area contributed by atoms with Gasteiger partial charge in [-0.15, -0.1) is 6.58 Å². The largest absolute Gasteiger partial charge is 0.340 e. The molecule has 0 aliphatic carbocycles. The second-order valence-corrected chi connectivity index (χ2v) is 10.1. The molecule has 1 amide bonds. The number of aromatic nitrogens is 3. The Labute approximate surface area is 204 Å². The van der Waals surface area contributed by atoms with Crippen molar-refractivity contribution < 1.29 is 9.42 Å². The number of amides is 1. The van der Waals surface area contributed by atoms with Crippen LogP contribution in [-0.4, -0.2) is 50.2 Å². The van der Waals surface area contributed by atoms with Crippen LogP contribution in [0.2, 0.25) is 0 Å². The number of likely N-dealkylation sites (tertiary alicyclic amines) is 1. The van der Waals surface area contributed by atoms with Crippen LogP contribution in [0.3, 0.4) is 0 Å². The maximum Gasteiger partial charge on any atom is 0.253 e. The van der Waals surface area contributed by atoms with Gasteiger partial charge in [-0.3, -0.25) is 9.69 Å². The summed E-state index contributed by atoms with van der Waals surface area (Å²) in [5.41, 5.74) is 7.45. The van der Waals surface area contributed by atoms with Crippen LogP contribution in [0, 0.1) is 5.92 Å². The van der Waals surface area contributed by atoms with E-state index in [9.17, 15) is 4.79 Å². The maximum absolute atomic E-state index is 13.3. The zero-order valence-electron chi connectivity index (χ0n) is 20.2. The Morgan fingerprint density at radius 1 is 1.11 bits per heavy atom. The lowest BCUT2D eigenvalue weighted by molar-refractivity contribution is 0.0697. The highest BCUT2D eigenvalue weighted by molar-refractivity contribution is 5.99. The SMILES string of the molecule is C=CCn1c2c(c3cc(C(=O)N4CCC(C)CC4)ccc31)CN(Cc1ccc3nonc3c1)CC2. The van der Waals surface area contributed by atoms with Crippen molar-refractivity contribution in [2.24, 2.45) is 5.92 Å². The maximum atomic E-state index is 13.3. The number of hydrogen-bond acceptors (Lipinski definition) is 5. The predicted octanol–water partition coefficient (Wildman–Crippen LogP) is 4.79. The van der Waals surface area contributed by atoms with Gasteiger partial charge in [0.2, 0.25) is 0 Å². The number of allylic oxidation sites excluding steroid dienone is 1. The van der Waals surface area contributed by atoms with E-state index >= 15 is 0 Å². The zero-order valence-corrected chi connectivity index (χ0v) is 20.2. The molecular weight excluding hydrogens is 438 g/mol. The van der Waals surface area contributed by atoms with E-state index in [-0.39, 0.29) is 5.91 Å². The summed E-state index contributed by atoms with van der Waals surface area (Å²) >= 11 is 0. The van der Waals surface area contributed by atoms with Gasteiger partial charge < -0.3 is 9.47 Å². The second-order valence-electron chi connectivity index (χ2n) is 10.1. The smallest absolute Gasteiger partial charge is 0.253 e. The number of fused-ring (bicyclic) bond motifs is 4. The molecule has 180 valence electrons. The minimum atomic E-state index is 0.159. The number of nitrogens with zero attached hydrogens (tertiary/aromatic N) is 5. The van der Waals surface area contributed by atoms with E-state index in [0.29, 0.717) is 5.92 Å². The van der Waals surface area contributed by atoms with Crippen molar-refractivity contribution >= 4 is 27.8 Å². The molecule has 4 heterocycles. The van der Waals surface area contributed by atoms with E-state index in [4.69, 9.17) is 4.63 Å². The third-order valence-corrected chi connectivity index (χ3v) is 7.69. The average Bonchev–Trinajstić information content (AvgIpc) is 3.46. The molecule has 2 aromatic heterocycles. The first-order valence-electron chi connectivity index (χ1n) is 12.6. The van der Waals surface area contributed by atoms with Crippen LogP contribution in [0.15, 0.2) is 53.7 Å². The van der Waals surface area contributed by atoms with Crippen molar-refractivity contribution in [3.05, 3.63) is 71.4 Å². The minimum absolute atomic E-state index is 0.159. The topological polar surface area (TPSA) is 67.4 Å². The predicted molar refractivity (Wildman–Crippen MR) is 136 cm³/mol. The van der Waals surface area contributed by atoms with Gasteiger partial charge in [0, 0.05) is 67.8 Å². The molecule has 0 spiro atoms. The highest BCUT2D eigenvalue weighted by Crippen LogP contribution is 2.33. The lowest BCUT2D eigenvalue weighted by Gasteiger charge is -2.30. The lowest BCUT2D eigenvalue weighted by atomic mass is 9.98. The molecule has 4 aromatic rings. The molecule has 1 fully saturated rings. The van der Waals surface area contributed by atoms with Gasteiger partial charge in [-0.1, -0.05) is 19.1 Å². The minimum Gasteiger partial charge on any atom is -0.340 e. The fourth-order valence-electron chi connectivity index (χ4n) is 5.69. The Hall–Kier alpha value is -3.45. The number of rotatable bonds is 5. The number of hydrogen-bond donors (Lipinski definition) is 0. The molecule has 0 radical (unpaired) electrons. The molecule has 0 atom stereocenters. The van der Waals surface area contributed by atoms with Crippen molar-refractivity contribution in [2.75, 3.05) is 19.6 Å². The third kappa shape index (κ3) is 4.04. The molecule has 7 nitrogen and oxygen atoms in total. The van der Waals surface area contributed by atoms with E-state index in [1.54, 1.807) is 0 Å². The van der Waals surface area contributed by atoms with Crippen LogP contribution in [-0.2, 0) is 26.1 Å². The number of piperidine rings is 1. The van der Waals surface area contributed by atoms with E-state index in [0.717, 1.165) is 75.1 Å². The molecule has 35 heavy (non-hydrogen) atoms. The van der Waals surface area contributed by atoms with E-state index in [1.165, 1.54) is 27.7 Å². The Morgan fingerprint density at radius 3 is 2.77 bits per heavy atom. The molecule has 0 unspecified atom stereocenters. The highest BCUT2D eigenvalue weighted by Gasteiger charge is 2.26. The summed E-state index contributed by atoms with van der Waals surface area (Å²) in [7, 11) is 0. The highest BCUT2D eigenvalue weighted by atomic mass is 16.6. The van der Waals surface area contributed by atoms with E-state index in [1.807, 2.05) is 23.1 Å². The van der Waals surface area contributed by atoms with Crippen molar-refractivity contribution in [3.63, 3.8) is 0 Å². The van der Waals surface area contributed by atoms with Gasteiger partial charge in [-0.25, -0.2) is 4.63 Å². The molecule has 1 saturated heterocycles. The van der Waals surface area contributed by atoms with Gasteiger partial charge in [-0.05, 0) is 70.5 Å². The van der Waals surface area contributed by atoms with Crippen molar-refractivity contribution in [1.82, 2.24) is 24.7 Å². The molecule has 2 aliphatic heterocycles. The Bertz CT molecular complexity index is 1410. The lowest BCUT2D eigenvalue weighted by Crippen LogP contribution is -2.37. The van der Waals surface area contributed by atoms with Crippen molar-refractivity contribution in [2.45, 2.75) is 45.8 Å². The Morgan fingerprint density at radius 2 is 1.94 bits per heavy atom. The average molecular weight is 470 g/mol. The zero-order chi connectivity index (χ0) is 23.9. The van der Waals surface area contributed by atoms with Crippen molar-refractivity contribution in [3.8, 4) is 0 Å². The molecule has 7 heteroatoms. The molecule has 2 aromatic carbocycles. The van der Waals surface area contributed by atoms with Crippen LogP contribution < -0.4 is 0 Å². The van der Waals surface area contributed by atoms with Gasteiger partial charge in [0.25, 0.3) is 5.91 Å². The van der Waals surface area contributed by atoms with Crippen LogP contribution in [0.4, 0.5) is 0 Å². The molecule has 2 aliphatic rings. The third-order valence-electron chi connectivity index (χ3n) is 7.69. The molecular formula is C28H31N5O2. The monoisotopic (exact) mass is 469 g/mol. The molecule has 0 N–H and O–H groups in total. The first kappa shape index (κ1) is 22.0. The first-order valence-corrected chi connectivity index (χ1v) is 12.6. The van der Waals surface area contributed by atoms with Crippen LogP contribution in [0.25, 0.3) is 21.9 Å². The quantitative estimate of drug-likeness (QED) is 0.393. The first-order chi connectivity index (χ1) is 17.1. The fraction of sp³-hybridized carbons (Fsp3) is 0.393. The molecule has 0 bridgehead atoms. The van der Waals surface area contributed by atoms with Gasteiger partial charge >= 0.3 is 0 Å². The summed E-state index contributed by atoms with van der Waals surface area (Å²) in [6, 6.07) is 12.4. The summed E-state index contributed by atoms with van der Waals surface area (Å²) in [6.45, 7) is 11.4. The van der Waals surface area contributed by atoms with Gasteiger partial charge in [0.05, 0.1) is 0 Å². The van der Waals surface area contributed by atoms with E-state index in [2.05, 4.69) is 57.5 Å². The number of carbonyl (C=O) groups excluding carboxylic acids is 1. The van der Waals surface area contributed by atoms with Gasteiger partial charge in [0.15, 0.2) is 0 Å². The Balaban J connectivity index is 1.31.